The quantitative estimate of drug-likeness (QED) is 0.712. The zero-order valence-electron chi connectivity index (χ0n) is 9.87. The number of carbonyl (C=O) groups excluding carboxylic acids is 1. The van der Waals surface area contributed by atoms with Crippen LogP contribution in [0.3, 0.4) is 0 Å². The molecule has 1 saturated carbocycles. The summed E-state index contributed by atoms with van der Waals surface area (Å²) in [5, 5.41) is 0. The summed E-state index contributed by atoms with van der Waals surface area (Å²) in [6.07, 6.45) is 9.48. The van der Waals surface area contributed by atoms with Crippen LogP contribution in [0.2, 0.25) is 0 Å². The minimum Gasteiger partial charge on any atom is -0.300 e. The number of rotatable bonds is 3. The molecule has 1 aliphatic carbocycles. The molecule has 1 aliphatic heterocycles. The molecule has 2 nitrogen and oxygen atoms in total. The van der Waals surface area contributed by atoms with E-state index in [9.17, 15) is 4.79 Å². The number of Topliss-reactive ketones (excluding diaryl/α,β-unsaturated/α-hetero) is 1. The molecular formula is C13H23NO. The standard InChI is InChI=1S/C13H23NO/c1-2-5-11-6-3-4-9-14(11)12-7-8-13(15)10-12/h11-12H,2-10H2,1H3. The van der Waals surface area contributed by atoms with Gasteiger partial charge in [0.25, 0.3) is 0 Å². The summed E-state index contributed by atoms with van der Waals surface area (Å²) < 4.78 is 0. The third-order valence-electron chi connectivity index (χ3n) is 3.98. The number of hydrogen-bond acceptors (Lipinski definition) is 2. The highest BCUT2D eigenvalue weighted by molar-refractivity contribution is 5.81. The number of carbonyl (C=O) groups is 1. The molecule has 0 radical (unpaired) electrons. The fourth-order valence-electron chi connectivity index (χ4n) is 3.22. The van der Waals surface area contributed by atoms with E-state index in [1.807, 2.05) is 0 Å². The van der Waals surface area contributed by atoms with E-state index in [0.717, 1.165) is 25.3 Å². The lowest BCUT2D eigenvalue weighted by molar-refractivity contribution is -0.117. The maximum atomic E-state index is 11.3. The van der Waals surface area contributed by atoms with Gasteiger partial charge in [0.05, 0.1) is 0 Å². The Morgan fingerprint density at radius 1 is 1.33 bits per heavy atom. The number of hydrogen-bond donors (Lipinski definition) is 0. The van der Waals surface area contributed by atoms with E-state index in [0.29, 0.717) is 11.8 Å². The normalized spacial score (nSPS) is 33.5. The van der Waals surface area contributed by atoms with Crippen molar-refractivity contribution >= 4 is 5.78 Å². The summed E-state index contributed by atoms with van der Waals surface area (Å²) in [5.41, 5.74) is 0. The first-order valence-electron chi connectivity index (χ1n) is 6.58. The van der Waals surface area contributed by atoms with E-state index in [1.54, 1.807) is 0 Å². The average Bonchev–Trinajstić information content (AvgIpc) is 2.66. The van der Waals surface area contributed by atoms with Crippen LogP contribution in [0.4, 0.5) is 0 Å². The van der Waals surface area contributed by atoms with Crippen LogP contribution in [0.1, 0.15) is 58.3 Å². The first-order chi connectivity index (χ1) is 7.31. The van der Waals surface area contributed by atoms with Crippen LogP contribution in [0, 0.1) is 0 Å². The zero-order chi connectivity index (χ0) is 10.7. The highest BCUT2D eigenvalue weighted by Crippen LogP contribution is 2.29. The Morgan fingerprint density at radius 2 is 2.20 bits per heavy atom. The van der Waals surface area contributed by atoms with Gasteiger partial charge in [0.1, 0.15) is 5.78 Å². The van der Waals surface area contributed by atoms with Gasteiger partial charge < -0.3 is 0 Å². The molecule has 0 aromatic rings. The molecule has 2 atom stereocenters. The van der Waals surface area contributed by atoms with Crippen molar-refractivity contribution in [2.24, 2.45) is 0 Å². The molecule has 0 N–H and O–H groups in total. The van der Waals surface area contributed by atoms with Crippen LogP contribution in [0.25, 0.3) is 0 Å². The summed E-state index contributed by atoms with van der Waals surface area (Å²) in [5.74, 6) is 0.487. The molecular weight excluding hydrogens is 186 g/mol. The monoisotopic (exact) mass is 209 g/mol. The van der Waals surface area contributed by atoms with Crippen molar-refractivity contribution in [3.8, 4) is 0 Å². The summed E-state index contributed by atoms with van der Waals surface area (Å²) >= 11 is 0. The van der Waals surface area contributed by atoms with Crippen molar-refractivity contribution in [1.29, 1.82) is 0 Å². The van der Waals surface area contributed by atoms with Crippen molar-refractivity contribution in [2.75, 3.05) is 6.54 Å². The van der Waals surface area contributed by atoms with E-state index >= 15 is 0 Å². The van der Waals surface area contributed by atoms with E-state index in [-0.39, 0.29) is 0 Å². The Labute approximate surface area is 93.0 Å². The van der Waals surface area contributed by atoms with Gasteiger partial charge in [0.15, 0.2) is 0 Å². The lowest BCUT2D eigenvalue weighted by Gasteiger charge is -2.39. The first-order valence-corrected chi connectivity index (χ1v) is 6.58. The molecule has 2 heteroatoms. The second-order valence-corrected chi connectivity index (χ2v) is 5.11. The van der Waals surface area contributed by atoms with Crippen molar-refractivity contribution in [3.05, 3.63) is 0 Å². The maximum absolute atomic E-state index is 11.3. The lowest BCUT2D eigenvalue weighted by atomic mass is 9.96. The molecule has 0 bridgehead atoms. The Morgan fingerprint density at radius 3 is 2.87 bits per heavy atom. The molecule has 0 aromatic carbocycles. The van der Waals surface area contributed by atoms with Gasteiger partial charge in [0.2, 0.25) is 0 Å². The minimum absolute atomic E-state index is 0.487. The highest BCUT2D eigenvalue weighted by atomic mass is 16.1. The second kappa shape index (κ2) is 5.11. The van der Waals surface area contributed by atoms with Crippen molar-refractivity contribution in [2.45, 2.75) is 70.4 Å². The number of ketones is 1. The molecule has 2 aliphatic rings. The van der Waals surface area contributed by atoms with Crippen molar-refractivity contribution in [3.63, 3.8) is 0 Å². The highest BCUT2D eigenvalue weighted by Gasteiger charge is 2.32. The molecule has 1 saturated heterocycles. The third kappa shape index (κ3) is 2.60. The predicted molar refractivity (Wildman–Crippen MR) is 61.9 cm³/mol. The van der Waals surface area contributed by atoms with Gasteiger partial charge in [-0.3, -0.25) is 9.69 Å². The fourth-order valence-corrected chi connectivity index (χ4v) is 3.22. The Bertz CT molecular complexity index is 225. The Balaban J connectivity index is 1.94. The van der Waals surface area contributed by atoms with E-state index in [2.05, 4.69) is 11.8 Å². The first kappa shape index (κ1) is 11.1. The van der Waals surface area contributed by atoms with Crippen LogP contribution in [0.15, 0.2) is 0 Å². The Hall–Kier alpha value is -0.370. The maximum Gasteiger partial charge on any atom is 0.134 e. The fraction of sp³-hybridized carbons (Fsp3) is 0.923. The second-order valence-electron chi connectivity index (χ2n) is 5.11. The third-order valence-corrected chi connectivity index (χ3v) is 3.98. The lowest BCUT2D eigenvalue weighted by Crippen LogP contribution is -2.45. The summed E-state index contributed by atoms with van der Waals surface area (Å²) in [7, 11) is 0. The van der Waals surface area contributed by atoms with Crippen LogP contribution in [-0.2, 0) is 4.79 Å². The Kier molecular flexibility index (Phi) is 3.79. The zero-order valence-corrected chi connectivity index (χ0v) is 9.87. The molecule has 2 unspecified atom stereocenters. The van der Waals surface area contributed by atoms with Gasteiger partial charge in [-0.15, -0.1) is 0 Å². The molecule has 15 heavy (non-hydrogen) atoms. The van der Waals surface area contributed by atoms with Gasteiger partial charge in [-0.2, -0.15) is 0 Å². The van der Waals surface area contributed by atoms with Gasteiger partial charge >= 0.3 is 0 Å². The minimum atomic E-state index is 0.487. The van der Waals surface area contributed by atoms with Crippen LogP contribution >= 0.6 is 0 Å². The number of piperidine rings is 1. The average molecular weight is 209 g/mol. The molecule has 0 spiro atoms. The van der Waals surface area contributed by atoms with Crippen molar-refractivity contribution < 1.29 is 4.79 Å². The van der Waals surface area contributed by atoms with E-state index < -0.39 is 0 Å². The summed E-state index contributed by atoms with van der Waals surface area (Å²) in [6.45, 7) is 3.51. The molecule has 0 aromatic heterocycles. The summed E-state index contributed by atoms with van der Waals surface area (Å²) in [6, 6.07) is 1.37. The van der Waals surface area contributed by atoms with E-state index in [1.165, 1.54) is 38.6 Å². The summed E-state index contributed by atoms with van der Waals surface area (Å²) in [4.78, 5) is 14.0. The number of nitrogens with zero attached hydrogens (tertiary/aromatic N) is 1. The van der Waals surface area contributed by atoms with Crippen LogP contribution in [0.5, 0.6) is 0 Å². The van der Waals surface area contributed by atoms with Gasteiger partial charge in [0, 0.05) is 24.9 Å². The van der Waals surface area contributed by atoms with E-state index in [4.69, 9.17) is 0 Å². The molecule has 86 valence electrons. The smallest absolute Gasteiger partial charge is 0.134 e. The molecule has 0 amide bonds. The topological polar surface area (TPSA) is 20.3 Å². The molecule has 2 fully saturated rings. The molecule has 1 heterocycles. The number of likely N-dealkylation sites (tertiary alicyclic amines) is 1. The SMILES string of the molecule is CCCC1CCCCN1C1CCC(=O)C1. The van der Waals surface area contributed by atoms with Gasteiger partial charge in [-0.25, -0.2) is 0 Å². The van der Waals surface area contributed by atoms with Gasteiger partial charge in [-0.1, -0.05) is 19.8 Å². The predicted octanol–water partition coefficient (Wildman–Crippen LogP) is 2.76. The molecule has 2 rings (SSSR count). The largest absolute Gasteiger partial charge is 0.300 e. The van der Waals surface area contributed by atoms with Crippen LogP contribution < -0.4 is 0 Å². The van der Waals surface area contributed by atoms with Gasteiger partial charge in [-0.05, 0) is 32.2 Å². The van der Waals surface area contributed by atoms with Crippen molar-refractivity contribution in [1.82, 2.24) is 4.90 Å². The van der Waals surface area contributed by atoms with Crippen LogP contribution in [-0.4, -0.2) is 29.3 Å².